The Balaban J connectivity index is 1.91. The van der Waals surface area contributed by atoms with Gasteiger partial charge in [0.1, 0.15) is 5.82 Å². The minimum Gasteiger partial charge on any atom is -0.392 e. The monoisotopic (exact) mass is 298 g/mol. The highest BCUT2D eigenvalue weighted by atomic mass is 32.2. The lowest BCUT2D eigenvalue weighted by atomic mass is 10.1. The van der Waals surface area contributed by atoms with Gasteiger partial charge in [-0.25, -0.2) is 13.2 Å². The molecule has 2 aromatic rings. The highest BCUT2D eigenvalue weighted by Crippen LogP contribution is 2.22. The van der Waals surface area contributed by atoms with Crippen molar-refractivity contribution in [3.8, 4) is 0 Å². The van der Waals surface area contributed by atoms with Gasteiger partial charge in [0.2, 0.25) is 0 Å². The first-order chi connectivity index (χ1) is 9.56. The van der Waals surface area contributed by atoms with Crippen molar-refractivity contribution in [3.63, 3.8) is 0 Å². The smallest absolute Gasteiger partial charge is 0.159 e. The molecule has 5 heteroatoms. The van der Waals surface area contributed by atoms with Crippen molar-refractivity contribution in [1.29, 1.82) is 0 Å². The van der Waals surface area contributed by atoms with Crippen molar-refractivity contribution in [3.05, 3.63) is 65.5 Å². The van der Waals surface area contributed by atoms with Gasteiger partial charge in [-0.15, -0.1) is 11.8 Å². The van der Waals surface area contributed by atoms with Gasteiger partial charge in [0.25, 0.3) is 0 Å². The molecule has 0 aliphatic carbocycles. The van der Waals surface area contributed by atoms with E-state index in [2.05, 4.69) is 0 Å². The van der Waals surface area contributed by atoms with Gasteiger partial charge < -0.3 is 5.11 Å². The third kappa shape index (κ3) is 4.02. The SMILES string of the molecule is OC(CSc1ccccc1F)Cc1ccc(F)c(F)c1. The summed E-state index contributed by atoms with van der Waals surface area (Å²) in [5, 5.41) is 9.86. The molecule has 0 aliphatic rings. The molecule has 0 aliphatic heterocycles. The zero-order chi connectivity index (χ0) is 14.5. The van der Waals surface area contributed by atoms with E-state index < -0.39 is 17.7 Å². The van der Waals surface area contributed by atoms with Gasteiger partial charge >= 0.3 is 0 Å². The molecule has 0 heterocycles. The zero-order valence-electron chi connectivity index (χ0n) is 10.5. The predicted octanol–water partition coefficient (Wildman–Crippen LogP) is 3.80. The van der Waals surface area contributed by atoms with Gasteiger partial charge in [0, 0.05) is 10.6 Å². The van der Waals surface area contributed by atoms with Crippen LogP contribution in [-0.2, 0) is 6.42 Å². The summed E-state index contributed by atoms with van der Waals surface area (Å²) >= 11 is 1.19. The average molecular weight is 298 g/mol. The first-order valence-corrected chi connectivity index (χ1v) is 7.04. The minimum absolute atomic E-state index is 0.193. The van der Waals surface area contributed by atoms with Crippen molar-refractivity contribution >= 4 is 11.8 Å². The fourth-order valence-corrected chi connectivity index (χ4v) is 2.62. The number of rotatable bonds is 5. The van der Waals surface area contributed by atoms with Crippen molar-refractivity contribution < 1.29 is 18.3 Å². The van der Waals surface area contributed by atoms with Crippen molar-refractivity contribution in [2.24, 2.45) is 0 Å². The molecule has 1 nitrogen and oxygen atoms in total. The van der Waals surface area contributed by atoms with Crippen LogP contribution in [0, 0.1) is 17.5 Å². The molecule has 0 saturated carbocycles. The molecular weight excluding hydrogens is 285 g/mol. The van der Waals surface area contributed by atoms with Crippen molar-refractivity contribution in [1.82, 2.24) is 0 Å². The normalized spacial score (nSPS) is 12.4. The lowest BCUT2D eigenvalue weighted by Crippen LogP contribution is -2.13. The maximum atomic E-state index is 13.4. The quantitative estimate of drug-likeness (QED) is 0.847. The number of halogens is 3. The molecule has 0 bridgehead atoms. The molecule has 106 valence electrons. The molecule has 0 saturated heterocycles. The molecule has 20 heavy (non-hydrogen) atoms. The Hall–Kier alpha value is -1.46. The fourth-order valence-electron chi connectivity index (χ4n) is 1.75. The summed E-state index contributed by atoms with van der Waals surface area (Å²) < 4.78 is 39.2. The Labute approximate surface area is 119 Å². The van der Waals surface area contributed by atoms with Crippen LogP contribution in [0.1, 0.15) is 5.56 Å². The number of hydrogen-bond donors (Lipinski definition) is 1. The summed E-state index contributed by atoms with van der Waals surface area (Å²) in [5.41, 5.74) is 0.505. The molecule has 1 unspecified atom stereocenters. The molecule has 0 spiro atoms. The molecule has 0 fully saturated rings. The van der Waals surface area contributed by atoms with Gasteiger partial charge in [0.05, 0.1) is 6.10 Å². The number of aliphatic hydroxyl groups is 1. The molecule has 2 aromatic carbocycles. The summed E-state index contributed by atoms with van der Waals surface area (Å²) in [7, 11) is 0. The second kappa shape index (κ2) is 6.81. The Morgan fingerprint density at radius 2 is 1.70 bits per heavy atom. The van der Waals surface area contributed by atoms with Gasteiger partial charge in [-0.1, -0.05) is 18.2 Å². The second-order valence-corrected chi connectivity index (χ2v) is 5.41. The zero-order valence-corrected chi connectivity index (χ0v) is 11.3. The summed E-state index contributed by atoms with van der Waals surface area (Å²) in [5.74, 6) is -1.90. The van der Waals surface area contributed by atoms with E-state index in [-0.39, 0.29) is 18.0 Å². The molecule has 0 amide bonds. The lowest BCUT2D eigenvalue weighted by molar-refractivity contribution is 0.200. The Bertz CT molecular complexity index is 589. The van der Waals surface area contributed by atoms with Crippen LogP contribution in [0.3, 0.4) is 0 Å². The van der Waals surface area contributed by atoms with Crippen LogP contribution in [0.5, 0.6) is 0 Å². The highest BCUT2D eigenvalue weighted by molar-refractivity contribution is 7.99. The maximum absolute atomic E-state index is 13.4. The average Bonchev–Trinajstić information content (AvgIpc) is 2.42. The summed E-state index contributed by atoms with van der Waals surface area (Å²) in [6.07, 6.45) is -0.567. The van der Waals surface area contributed by atoms with E-state index >= 15 is 0 Å². The Morgan fingerprint density at radius 3 is 2.40 bits per heavy atom. The number of aliphatic hydroxyl groups excluding tert-OH is 1. The molecule has 0 aromatic heterocycles. The van der Waals surface area contributed by atoms with Crippen LogP contribution in [0.15, 0.2) is 47.4 Å². The van der Waals surface area contributed by atoms with E-state index in [1.54, 1.807) is 18.2 Å². The second-order valence-electron chi connectivity index (χ2n) is 4.35. The summed E-state index contributed by atoms with van der Waals surface area (Å²) in [4.78, 5) is 0.455. The predicted molar refractivity (Wildman–Crippen MR) is 73.2 cm³/mol. The molecule has 1 N–H and O–H groups in total. The van der Waals surface area contributed by atoms with E-state index in [1.165, 1.54) is 23.9 Å². The van der Waals surface area contributed by atoms with Crippen molar-refractivity contribution in [2.45, 2.75) is 17.4 Å². The third-order valence-corrected chi connectivity index (χ3v) is 3.92. The summed E-state index contributed by atoms with van der Waals surface area (Å²) in [6.45, 7) is 0. The molecular formula is C15H13F3OS. The number of hydrogen-bond acceptors (Lipinski definition) is 2. The summed E-state index contributed by atoms with van der Waals surface area (Å²) in [6, 6.07) is 9.81. The van der Waals surface area contributed by atoms with Gasteiger partial charge in [-0.05, 0) is 36.2 Å². The van der Waals surface area contributed by atoms with Crippen molar-refractivity contribution in [2.75, 3.05) is 5.75 Å². The standard InChI is InChI=1S/C15H13F3OS/c16-12-6-5-10(8-14(12)18)7-11(19)9-20-15-4-2-1-3-13(15)17/h1-6,8,11,19H,7,9H2. The number of benzene rings is 2. The minimum atomic E-state index is -0.934. The first kappa shape index (κ1) is 14.9. The van der Waals surface area contributed by atoms with E-state index in [1.807, 2.05) is 0 Å². The molecule has 0 radical (unpaired) electrons. The Kier molecular flexibility index (Phi) is 5.09. The van der Waals surface area contributed by atoms with Crippen LogP contribution >= 0.6 is 11.8 Å². The fraction of sp³-hybridized carbons (Fsp3) is 0.200. The van der Waals surface area contributed by atoms with E-state index in [4.69, 9.17) is 0 Å². The molecule has 1 atom stereocenters. The van der Waals surface area contributed by atoms with Gasteiger partial charge in [0.15, 0.2) is 11.6 Å². The lowest BCUT2D eigenvalue weighted by Gasteiger charge is -2.11. The van der Waals surface area contributed by atoms with Gasteiger partial charge in [-0.2, -0.15) is 0 Å². The van der Waals surface area contributed by atoms with Crippen LogP contribution in [-0.4, -0.2) is 17.0 Å². The van der Waals surface area contributed by atoms with E-state index in [0.29, 0.717) is 10.5 Å². The van der Waals surface area contributed by atoms with E-state index in [0.717, 1.165) is 12.1 Å². The van der Waals surface area contributed by atoms with Crippen LogP contribution in [0.4, 0.5) is 13.2 Å². The van der Waals surface area contributed by atoms with Crippen LogP contribution in [0.2, 0.25) is 0 Å². The van der Waals surface area contributed by atoms with Gasteiger partial charge in [-0.3, -0.25) is 0 Å². The van der Waals surface area contributed by atoms with Crippen LogP contribution < -0.4 is 0 Å². The van der Waals surface area contributed by atoms with E-state index in [9.17, 15) is 18.3 Å². The topological polar surface area (TPSA) is 20.2 Å². The highest BCUT2D eigenvalue weighted by Gasteiger charge is 2.10. The van der Waals surface area contributed by atoms with Crippen LogP contribution in [0.25, 0.3) is 0 Å². The maximum Gasteiger partial charge on any atom is 0.159 e. The Morgan fingerprint density at radius 1 is 0.950 bits per heavy atom. The number of thioether (sulfide) groups is 1. The first-order valence-electron chi connectivity index (χ1n) is 6.05. The third-order valence-electron chi connectivity index (χ3n) is 2.72. The largest absolute Gasteiger partial charge is 0.392 e. The molecule has 2 rings (SSSR count).